The lowest BCUT2D eigenvalue weighted by Gasteiger charge is -2.37. The van der Waals surface area contributed by atoms with Gasteiger partial charge in [-0.2, -0.15) is 0 Å². The van der Waals surface area contributed by atoms with Crippen molar-refractivity contribution < 1.29 is 4.79 Å². The fourth-order valence-corrected chi connectivity index (χ4v) is 3.23. The number of carbonyl (C=O) groups excluding carboxylic acids is 1. The first-order valence-corrected chi connectivity index (χ1v) is 9.41. The van der Waals surface area contributed by atoms with Gasteiger partial charge in [0, 0.05) is 37.9 Å². The lowest BCUT2D eigenvalue weighted by molar-refractivity contribution is 0.250. The van der Waals surface area contributed by atoms with Gasteiger partial charge in [0.25, 0.3) is 0 Å². The molecular weight excluding hydrogens is 340 g/mol. The van der Waals surface area contributed by atoms with Crippen molar-refractivity contribution in [1.82, 2.24) is 15.5 Å². The number of nitrogens with one attached hydrogen (secondary N) is 2. The highest BCUT2D eigenvalue weighted by Gasteiger charge is 2.20. The summed E-state index contributed by atoms with van der Waals surface area (Å²) in [5.41, 5.74) is 3.99. The van der Waals surface area contributed by atoms with Crippen molar-refractivity contribution in [3.63, 3.8) is 0 Å². The van der Waals surface area contributed by atoms with E-state index in [1.54, 1.807) is 6.07 Å². The second kappa shape index (κ2) is 8.24. The standard InChI is InChI=1S/C20H28N6O/c1-14(2)21-20(27)22-18-8-9-19(24-23-18)26-12-10-25(11-13-26)17-7-5-6-15(3)16(17)4/h5-9,14H,10-13H2,1-4H3,(H2,21,22,23,27). The van der Waals surface area contributed by atoms with E-state index in [2.05, 4.69) is 62.7 Å². The van der Waals surface area contributed by atoms with Crippen LogP contribution in [0.3, 0.4) is 0 Å². The first kappa shape index (κ1) is 18.9. The Morgan fingerprint density at radius 3 is 2.33 bits per heavy atom. The maximum Gasteiger partial charge on any atom is 0.320 e. The maximum absolute atomic E-state index is 11.7. The molecule has 0 spiro atoms. The average Bonchev–Trinajstić information content (AvgIpc) is 2.64. The third-order valence-corrected chi connectivity index (χ3v) is 4.83. The van der Waals surface area contributed by atoms with Crippen LogP contribution in [-0.2, 0) is 0 Å². The number of hydrogen-bond acceptors (Lipinski definition) is 5. The van der Waals surface area contributed by atoms with E-state index in [1.165, 1.54) is 16.8 Å². The van der Waals surface area contributed by atoms with Crippen LogP contribution in [0.4, 0.5) is 22.1 Å². The van der Waals surface area contributed by atoms with E-state index in [-0.39, 0.29) is 12.1 Å². The number of benzene rings is 1. The van der Waals surface area contributed by atoms with Crippen LogP contribution < -0.4 is 20.4 Å². The highest BCUT2D eigenvalue weighted by atomic mass is 16.2. The van der Waals surface area contributed by atoms with Crippen molar-refractivity contribution >= 4 is 23.4 Å². The van der Waals surface area contributed by atoms with Crippen LogP contribution in [0.25, 0.3) is 0 Å². The molecule has 144 valence electrons. The zero-order chi connectivity index (χ0) is 19.4. The Labute approximate surface area is 160 Å². The molecule has 1 saturated heterocycles. The van der Waals surface area contributed by atoms with E-state index in [1.807, 2.05) is 19.9 Å². The molecule has 0 atom stereocenters. The molecule has 1 aliphatic heterocycles. The van der Waals surface area contributed by atoms with Crippen LogP contribution in [0.2, 0.25) is 0 Å². The molecule has 0 bridgehead atoms. The molecule has 0 saturated carbocycles. The van der Waals surface area contributed by atoms with E-state index in [0.717, 1.165) is 32.0 Å². The largest absolute Gasteiger partial charge is 0.368 e. The van der Waals surface area contributed by atoms with E-state index in [4.69, 9.17) is 0 Å². The minimum atomic E-state index is -0.269. The summed E-state index contributed by atoms with van der Waals surface area (Å²) >= 11 is 0. The third-order valence-electron chi connectivity index (χ3n) is 4.83. The number of carbonyl (C=O) groups is 1. The topological polar surface area (TPSA) is 73.4 Å². The summed E-state index contributed by atoms with van der Waals surface area (Å²) in [6.45, 7) is 11.8. The smallest absolute Gasteiger partial charge is 0.320 e. The molecule has 27 heavy (non-hydrogen) atoms. The van der Waals surface area contributed by atoms with Crippen molar-refractivity contribution in [3.05, 3.63) is 41.5 Å². The predicted octanol–water partition coefficient (Wildman–Crippen LogP) is 2.95. The first-order valence-electron chi connectivity index (χ1n) is 9.41. The van der Waals surface area contributed by atoms with Crippen molar-refractivity contribution in [3.8, 4) is 0 Å². The number of aromatic nitrogens is 2. The Kier molecular flexibility index (Phi) is 5.78. The van der Waals surface area contributed by atoms with Gasteiger partial charge in [0.1, 0.15) is 0 Å². The zero-order valence-electron chi connectivity index (χ0n) is 16.5. The van der Waals surface area contributed by atoms with Crippen LogP contribution in [0.15, 0.2) is 30.3 Å². The van der Waals surface area contributed by atoms with E-state index in [9.17, 15) is 4.79 Å². The van der Waals surface area contributed by atoms with Gasteiger partial charge in [-0.05, 0) is 57.0 Å². The van der Waals surface area contributed by atoms with Gasteiger partial charge in [-0.15, -0.1) is 10.2 Å². The van der Waals surface area contributed by atoms with Gasteiger partial charge in [0.05, 0.1) is 0 Å². The molecule has 1 fully saturated rings. The van der Waals surface area contributed by atoms with Crippen LogP contribution in [0, 0.1) is 13.8 Å². The number of aryl methyl sites for hydroxylation is 1. The molecule has 1 aromatic heterocycles. The van der Waals surface area contributed by atoms with Gasteiger partial charge >= 0.3 is 6.03 Å². The van der Waals surface area contributed by atoms with Crippen molar-refractivity contribution in [2.75, 3.05) is 41.3 Å². The van der Waals surface area contributed by atoms with E-state index >= 15 is 0 Å². The van der Waals surface area contributed by atoms with Crippen LogP contribution >= 0.6 is 0 Å². The van der Waals surface area contributed by atoms with E-state index in [0.29, 0.717) is 5.82 Å². The van der Waals surface area contributed by atoms with Crippen LogP contribution in [0.5, 0.6) is 0 Å². The molecule has 7 heteroatoms. The second-order valence-electron chi connectivity index (χ2n) is 7.22. The molecule has 2 aromatic rings. The number of nitrogens with zero attached hydrogens (tertiary/aromatic N) is 4. The lowest BCUT2D eigenvalue weighted by atomic mass is 10.1. The van der Waals surface area contributed by atoms with Gasteiger partial charge in [0.15, 0.2) is 11.6 Å². The fraction of sp³-hybridized carbons (Fsp3) is 0.450. The third kappa shape index (κ3) is 4.67. The summed E-state index contributed by atoms with van der Waals surface area (Å²) in [5.74, 6) is 1.29. The lowest BCUT2D eigenvalue weighted by Crippen LogP contribution is -2.47. The number of anilines is 3. The Hall–Kier alpha value is -2.83. The quantitative estimate of drug-likeness (QED) is 0.868. The van der Waals surface area contributed by atoms with Crippen molar-refractivity contribution in [2.45, 2.75) is 33.7 Å². The second-order valence-corrected chi connectivity index (χ2v) is 7.22. The van der Waals surface area contributed by atoms with Gasteiger partial charge in [-0.1, -0.05) is 12.1 Å². The molecule has 2 N–H and O–H groups in total. The Balaban J connectivity index is 1.58. The van der Waals surface area contributed by atoms with Crippen molar-refractivity contribution in [2.24, 2.45) is 0 Å². The predicted molar refractivity (Wildman–Crippen MR) is 110 cm³/mol. The number of piperazine rings is 1. The number of hydrogen-bond donors (Lipinski definition) is 2. The van der Waals surface area contributed by atoms with Crippen LogP contribution in [-0.4, -0.2) is 48.4 Å². The highest BCUT2D eigenvalue weighted by Crippen LogP contribution is 2.25. The molecule has 1 aliphatic rings. The average molecular weight is 368 g/mol. The van der Waals surface area contributed by atoms with Gasteiger partial charge in [0.2, 0.25) is 0 Å². The van der Waals surface area contributed by atoms with E-state index < -0.39 is 0 Å². The molecule has 3 rings (SSSR count). The summed E-state index contributed by atoms with van der Waals surface area (Å²) < 4.78 is 0. The molecule has 2 amide bonds. The maximum atomic E-state index is 11.7. The zero-order valence-corrected chi connectivity index (χ0v) is 16.5. The fourth-order valence-electron chi connectivity index (χ4n) is 3.23. The molecular formula is C20H28N6O. The normalized spacial score (nSPS) is 14.4. The Morgan fingerprint density at radius 1 is 1.00 bits per heavy atom. The molecule has 2 heterocycles. The molecule has 7 nitrogen and oxygen atoms in total. The molecule has 1 aromatic carbocycles. The number of urea groups is 1. The summed E-state index contributed by atoms with van der Waals surface area (Å²) in [7, 11) is 0. The van der Waals surface area contributed by atoms with Gasteiger partial charge in [-0.3, -0.25) is 5.32 Å². The molecule has 0 aliphatic carbocycles. The minimum Gasteiger partial charge on any atom is -0.368 e. The number of rotatable bonds is 4. The SMILES string of the molecule is Cc1cccc(N2CCN(c3ccc(NC(=O)NC(C)C)nn3)CC2)c1C. The molecule has 0 radical (unpaired) electrons. The number of amides is 2. The summed E-state index contributed by atoms with van der Waals surface area (Å²) in [6, 6.07) is 9.98. The highest BCUT2D eigenvalue weighted by molar-refractivity contribution is 5.88. The monoisotopic (exact) mass is 368 g/mol. The van der Waals surface area contributed by atoms with Crippen LogP contribution in [0.1, 0.15) is 25.0 Å². The van der Waals surface area contributed by atoms with Gasteiger partial charge < -0.3 is 15.1 Å². The first-order chi connectivity index (χ1) is 12.9. The van der Waals surface area contributed by atoms with Gasteiger partial charge in [-0.25, -0.2) is 4.79 Å². The summed E-state index contributed by atoms with van der Waals surface area (Å²) in [5, 5.41) is 13.9. The van der Waals surface area contributed by atoms with Crippen molar-refractivity contribution in [1.29, 1.82) is 0 Å². The Bertz CT molecular complexity index is 782. The molecule has 0 unspecified atom stereocenters. The minimum absolute atomic E-state index is 0.0746. The summed E-state index contributed by atoms with van der Waals surface area (Å²) in [4.78, 5) is 16.4. The Morgan fingerprint density at radius 2 is 1.70 bits per heavy atom. The summed E-state index contributed by atoms with van der Waals surface area (Å²) in [6.07, 6.45) is 0.